The van der Waals surface area contributed by atoms with Crippen LogP contribution in [-0.4, -0.2) is 36.3 Å². The van der Waals surface area contributed by atoms with Crippen LogP contribution in [0.4, 0.5) is 17.2 Å². The highest BCUT2D eigenvalue weighted by Gasteiger charge is 2.23. The van der Waals surface area contributed by atoms with E-state index >= 15 is 0 Å². The third-order valence-electron chi connectivity index (χ3n) is 4.56. The predicted molar refractivity (Wildman–Crippen MR) is 122 cm³/mol. The van der Waals surface area contributed by atoms with Crippen LogP contribution in [0.15, 0.2) is 65.2 Å². The van der Waals surface area contributed by atoms with Crippen molar-refractivity contribution in [2.24, 2.45) is 10.2 Å². The molecule has 2 aromatic carbocycles. The van der Waals surface area contributed by atoms with Crippen molar-refractivity contribution in [1.82, 2.24) is 25.1 Å². The highest BCUT2D eigenvalue weighted by atomic mass is 16.3. The molecule has 0 aliphatic heterocycles. The SMILES string of the molecule is [C-]#[N+]c1cnn(-c2ncccn2)c1/N=N/c1cc2ccccc2c(C(=O)NC(C)(C)C)c1O. The Morgan fingerprint density at radius 3 is 2.58 bits per heavy atom. The molecule has 0 radical (unpaired) electrons. The Labute approximate surface area is 189 Å². The van der Waals surface area contributed by atoms with Gasteiger partial charge in [0.25, 0.3) is 17.5 Å². The van der Waals surface area contributed by atoms with E-state index in [0.29, 0.717) is 10.8 Å². The fourth-order valence-corrected chi connectivity index (χ4v) is 3.18. The Morgan fingerprint density at radius 2 is 1.88 bits per heavy atom. The number of carbonyl (C=O) groups is 1. The Morgan fingerprint density at radius 1 is 1.15 bits per heavy atom. The molecule has 2 aromatic heterocycles. The topological polar surface area (TPSA) is 122 Å². The van der Waals surface area contributed by atoms with Crippen LogP contribution < -0.4 is 5.32 Å². The van der Waals surface area contributed by atoms with Crippen molar-refractivity contribution in [3.8, 4) is 11.7 Å². The van der Waals surface area contributed by atoms with Gasteiger partial charge >= 0.3 is 0 Å². The van der Waals surface area contributed by atoms with E-state index in [0.717, 1.165) is 0 Å². The number of nitrogens with zero attached hydrogens (tertiary/aromatic N) is 7. The molecule has 164 valence electrons. The van der Waals surface area contributed by atoms with Crippen LogP contribution in [0.5, 0.6) is 5.75 Å². The van der Waals surface area contributed by atoms with E-state index in [1.54, 1.807) is 24.3 Å². The van der Waals surface area contributed by atoms with Crippen molar-refractivity contribution in [2.75, 3.05) is 0 Å². The first-order valence-corrected chi connectivity index (χ1v) is 10.0. The lowest BCUT2D eigenvalue weighted by atomic mass is 10.00. The summed E-state index contributed by atoms with van der Waals surface area (Å²) in [4.78, 5) is 24.7. The fourth-order valence-electron chi connectivity index (χ4n) is 3.18. The second kappa shape index (κ2) is 8.47. The van der Waals surface area contributed by atoms with Gasteiger partial charge in [0.1, 0.15) is 5.69 Å². The van der Waals surface area contributed by atoms with Crippen molar-refractivity contribution in [3.05, 3.63) is 72.0 Å². The second-order valence-electron chi connectivity index (χ2n) is 8.17. The smallest absolute Gasteiger partial charge is 0.256 e. The lowest BCUT2D eigenvalue weighted by Gasteiger charge is -2.21. The number of hydrogen-bond acceptors (Lipinski definition) is 7. The number of phenols is 1. The van der Waals surface area contributed by atoms with Crippen LogP contribution in [0.3, 0.4) is 0 Å². The summed E-state index contributed by atoms with van der Waals surface area (Å²) in [6.45, 7) is 13.0. The van der Waals surface area contributed by atoms with E-state index in [9.17, 15) is 9.90 Å². The standard InChI is InChI=1S/C23H20N8O2/c1-23(2,3)28-21(33)18-15-9-6-5-8-14(15)12-16(19(18)32)29-30-20-17(24-4)13-27-31(20)22-25-10-7-11-26-22/h5-13,32H,1-3H3,(H,28,33)/b30-29+. The average molecular weight is 440 g/mol. The summed E-state index contributed by atoms with van der Waals surface area (Å²) in [5, 5.41) is 27.6. The van der Waals surface area contributed by atoms with E-state index in [-0.39, 0.29) is 34.5 Å². The van der Waals surface area contributed by atoms with Gasteiger partial charge in [-0.3, -0.25) is 4.79 Å². The van der Waals surface area contributed by atoms with Gasteiger partial charge in [0.05, 0.1) is 18.3 Å². The number of hydrogen-bond donors (Lipinski definition) is 2. The highest BCUT2D eigenvalue weighted by molar-refractivity contribution is 6.11. The Bertz CT molecular complexity index is 1410. The molecule has 2 heterocycles. The molecule has 33 heavy (non-hydrogen) atoms. The summed E-state index contributed by atoms with van der Waals surface area (Å²) < 4.78 is 1.28. The fraction of sp³-hybridized carbons (Fsp3) is 0.174. The molecular weight excluding hydrogens is 420 g/mol. The number of aromatic hydroxyl groups is 1. The van der Waals surface area contributed by atoms with Gasteiger partial charge in [-0.1, -0.05) is 24.3 Å². The minimum Gasteiger partial charge on any atom is -0.505 e. The second-order valence-corrected chi connectivity index (χ2v) is 8.17. The molecular formula is C23H20N8O2. The van der Waals surface area contributed by atoms with Crippen LogP contribution >= 0.6 is 0 Å². The Hall–Kier alpha value is -4.65. The van der Waals surface area contributed by atoms with Gasteiger partial charge in [-0.25, -0.2) is 14.8 Å². The lowest BCUT2D eigenvalue weighted by molar-refractivity contribution is 0.0918. The molecule has 10 heteroatoms. The maximum absolute atomic E-state index is 13.0. The molecule has 0 aliphatic rings. The van der Waals surface area contributed by atoms with Gasteiger partial charge in [0.15, 0.2) is 11.6 Å². The van der Waals surface area contributed by atoms with Gasteiger partial charge < -0.3 is 10.4 Å². The number of phenolic OH excluding ortho intramolecular Hbond substituents is 1. The number of rotatable bonds is 4. The van der Waals surface area contributed by atoms with E-state index in [1.807, 2.05) is 32.9 Å². The van der Waals surface area contributed by atoms with Gasteiger partial charge in [0, 0.05) is 17.9 Å². The third kappa shape index (κ3) is 4.38. The highest BCUT2D eigenvalue weighted by Crippen LogP contribution is 2.39. The zero-order valence-electron chi connectivity index (χ0n) is 18.2. The summed E-state index contributed by atoms with van der Waals surface area (Å²) in [7, 11) is 0. The largest absolute Gasteiger partial charge is 0.505 e. The number of aromatic nitrogens is 4. The molecule has 2 N–H and O–H groups in total. The lowest BCUT2D eigenvalue weighted by Crippen LogP contribution is -2.40. The molecule has 0 saturated carbocycles. The number of carbonyl (C=O) groups excluding carboxylic acids is 1. The van der Waals surface area contributed by atoms with Gasteiger partial charge in [-0.2, -0.15) is 9.78 Å². The van der Waals surface area contributed by atoms with Gasteiger partial charge in [-0.15, -0.1) is 10.2 Å². The molecule has 0 atom stereocenters. The molecule has 0 aliphatic carbocycles. The van der Waals surface area contributed by atoms with Crippen molar-refractivity contribution in [1.29, 1.82) is 0 Å². The van der Waals surface area contributed by atoms with E-state index in [2.05, 4.69) is 35.5 Å². The number of amides is 1. The number of fused-ring (bicyclic) bond motifs is 1. The summed E-state index contributed by atoms with van der Waals surface area (Å²) in [6, 6.07) is 10.5. The molecule has 10 nitrogen and oxygen atoms in total. The van der Waals surface area contributed by atoms with Crippen LogP contribution in [0.25, 0.3) is 21.6 Å². The van der Waals surface area contributed by atoms with Crippen molar-refractivity contribution in [2.45, 2.75) is 26.3 Å². The first kappa shape index (κ1) is 21.6. The molecule has 0 spiro atoms. The number of benzene rings is 2. The van der Waals surface area contributed by atoms with Crippen LogP contribution in [0, 0.1) is 6.57 Å². The van der Waals surface area contributed by atoms with Crippen LogP contribution in [0.1, 0.15) is 31.1 Å². The van der Waals surface area contributed by atoms with Crippen molar-refractivity contribution in [3.63, 3.8) is 0 Å². The summed E-state index contributed by atoms with van der Waals surface area (Å²) >= 11 is 0. The van der Waals surface area contributed by atoms with E-state index < -0.39 is 11.4 Å². The zero-order valence-corrected chi connectivity index (χ0v) is 18.2. The van der Waals surface area contributed by atoms with E-state index in [1.165, 1.54) is 23.3 Å². The molecule has 4 rings (SSSR count). The summed E-state index contributed by atoms with van der Waals surface area (Å²) in [5.74, 6) is -0.429. The third-order valence-corrected chi connectivity index (χ3v) is 4.56. The quantitative estimate of drug-likeness (QED) is 0.341. The minimum absolute atomic E-state index is 0.0745. The zero-order chi connectivity index (χ0) is 23.6. The van der Waals surface area contributed by atoms with Crippen molar-refractivity contribution < 1.29 is 9.90 Å². The predicted octanol–water partition coefficient (Wildman–Crippen LogP) is 5.02. The summed E-state index contributed by atoms with van der Waals surface area (Å²) in [6.07, 6.45) is 4.41. The maximum Gasteiger partial charge on any atom is 0.256 e. The number of nitrogens with one attached hydrogen (secondary N) is 1. The monoisotopic (exact) mass is 440 g/mol. The average Bonchev–Trinajstić information content (AvgIpc) is 3.20. The van der Waals surface area contributed by atoms with Crippen LogP contribution in [0.2, 0.25) is 0 Å². The first-order chi connectivity index (χ1) is 15.8. The Kier molecular flexibility index (Phi) is 5.54. The molecule has 1 amide bonds. The van der Waals surface area contributed by atoms with E-state index in [4.69, 9.17) is 6.57 Å². The first-order valence-electron chi connectivity index (χ1n) is 10.0. The molecule has 0 bridgehead atoms. The molecule has 0 fully saturated rings. The van der Waals surface area contributed by atoms with Crippen LogP contribution in [-0.2, 0) is 0 Å². The molecule has 0 unspecified atom stereocenters. The Balaban J connectivity index is 1.84. The normalized spacial score (nSPS) is 11.6. The number of azo groups is 1. The molecule has 0 saturated heterocycles. The van der Waals surface area contributed by atoms with Gasteiger partial charge in [-0.05, 0) is 43.7 Å². The molecule has 4 aromatic rings. The minimum atomic E-state index is -0.505. The maximum atomic E-state index is 13.0. The summed E-state index contributed by atoms with van der Waals surface area (Å²) in [5.41, 5.74) is -0.195. The van der Waals surface area contributed by atoms with Crippen molar-refractivity contribution >= 4 is 33.9 Å². The van der Waals surface area contributed by atoms with Gasteiger partial charge in [0.2, 0.25) is 0 Å².